The van der Waals surface area contributed by atoms with Crippen molar-refractivity contribution in [2.45, 2.75) is 12.5 Å². The number of likely N-dealkylation sites (N-methyl/N-ethyl adjacent to an activating group) is 1. The van der Waals surface area contributed by atoms with Gasteiger partial charge in [0.2, 0.25) is 0 Å². The molecule has 4 nitrogen and oxygen atoms in total. The minimum atomic E-state index is -1.07. The zero-order chi connectivity index (χ0) is 15.6. The molecule has 1 aromatic carbocycles. The van der Waals surface area contributed by atoms with Crippen LogP contribution in [-0.4, -0.2) is 41.3 Å². The third kappa shape index (κ3) is 3.65. The van der Waals surface area contributed by atoms with Crippen molar-refractivity contribution in [3.05, 3.63) is 28.8 Å². The number of nitrogens with one attached hydrogen (secondary N) is 1. The average Bonchev–Trinajstić information content (AvgIpc) is 2.94. The molecule has 1 N–H and O–H groups in total. The molecule has 0 aromatic heterocycles. The molecule has 1 atom stereocenters. The number of amides is 2. The molecule has 1 aliphatic heterocycles. The minimum Gasteiger partial charge on any atom is -0.334 e. The summed E-state index contributed by atoms with van der Waals surface area (Å²) in [4.78, 5) is 25.1. The lowest BCUT2D eigenvalue weighted by Crippen LogP contribution is -2.43. The number of thioether (sulfide) groups is 1. The van der Waals surface area contributed by atoms with E-state index in [0.29, 0.717) is 0 Å². The number of carbonyl (C=O) groups excluding carboxylic acids is 2. The highest BCUT2D eigenvalue weighted by atomic mass is 35.5. The maximum atomic E-state index is 13.6. The van der Waals surface area contributed by atoms with Crippen molar-refractivity contribution in [1.82, 2.24) is 4.90 Å². The molecule has 21 heavy (non-hydrogen) atoms. The van der Waals surface area contributed by atoms with Crippen LogP contribution in [0, 0.1) is 11.6 Å². The van der Waals surface area contributed by atoms with Gasteiger partial charge in [0.05, 0.1) is 0 Å². The Bertz CT molecular complexity index is 556. The molecule has 2 amide bonds. The number of benzene rings is 1. The number of rotatable bonds is 2. The van der Waals surface area contributed by atoms with E-state index in [2.05, 4.69) is 0 Å². The lowest BCUT2D eigenvalue weighted by Gasteiger charge is -2.23. The summed E-state index contributed by atoms with van der Waals surface area (Å²) >= 11 is 7.18. The summed E-state index contributed by atoms with van der Waals surface area (Å²) < 4.78 is 27.1. The van der Waals surface area contributed by atoms with Crippen molar-refractivity contribution in [3.8, 4) is 0 Å². The molecule has 1 saturated heterocycles. The second-order valence-corrected chi connectivity index (χ2v) is 6.22. The Hall–Kier alpha value is -1.34. The number of carbonyl (C=O) groups is 2. The van der Waals surface area contributed by atoms with Crippen LogP contribution in [0.3, 0.4) is 0 Å². The van der Waals surface area contributed by atoms with Gasteiger partial charge in [0, 0.05) is 23.9 Å². The van der Waals surface area contributed by atoms with Gasteiger partial charge in [-0.05, 0) is 24.3 Å². The van der Waals surface area contributed by atoms with E-state index in [9.17, 15) is 18.4 Å². The summed E-state index contributed by atoms with van der Waals surface area (Å²) in [6, 6.07) is 1.69. The standard InChI is InChI=1S/C13H13ClF2N2O2S/c1-18(8-2-3-21-6-8)13(20)12(19)17-11-9(15)4-7(14)5-10(11)16/h4-5,8H,2-3,6H2,1H3,(H,17,19)/t8-/m0/s1. The summed E-state index contributed by atoms with van der Waals surface area (Å²) in [5.41, 5.74) is -0.674. The molecule has 1 aromatic rings. The van der Waals surface area contributed by atoms with E-state index >= 15 is 0 Å². The van der Waals surface area contributed by atoms with Crippen LogP contribution in [0.15, 0.2) is 12.1 Å². The maximum absolute atomic E-state index is 13.6. The molecular formula is C13H13ClF2N2O2S. The van der Waals surface area contributed by atoms with E-state index in [0.717, 1.165) is 30.1 Å². The van der Waals surface area contributed by atoms with Gasteiger partial charge in [-0.1, -0.05) is 11.6 Å². The van der Waals surface area contributed by atoms with Crippen molar-refractivity contribution < 1.29 is 18.4 Å². The molecule has 0 radical (unpaired) electrons. The van der Waals surface area contributed by atoms with Crippen LogP contribution in [-0.2, 0) is 9.59 Å². The van der Waals surface area contributed by atoms with Gasteiger partial charge in [-0.3, -0.25) is 9.59 Å². The third-order valence-corrected chi connectivity index (χ3v) is 4.58. The molecule has 8 heteroatoms. The number of hydrogen-bond donors (Lipinski definition) is 1. The molecule has 114 valence electrons. The summed E-state index contributed by atoms with van der Waals surface area (Å²) in [5.74, 6) is -2.28. The lowest BCUT2D eigenvalue weighted by atomic mass is 10.2. The minimum absolute atomic E-state index is 0.0341. The first-order valence-electron chi connectivity index (χ1n) is 6.20. The molecule has 0 aliphatic carbocycles. The molecule has 0 saturated carbocycles. The first kappa shape index (κ1) is 16.0. The Kier molecular flexibility index (Phi) is 5.05. The second-order valence-electron chi connectivity index (χ2n) is 4.63. The number of hydrogen-bond acceptors (Lipinski definition) is 3. The highest BCUT2D eigenvalue weighted by Crippen LogP contribution is 2.24. The molecule has 0 spiro atoms. The molecular weight excluding hydrogens is 322 g/mol. The maximum Gasteiger partial charge on any atom is 0.314 e. The van der Waals surface area contributed by atoms with E-state index in [1.165, 1.54) is 11.9 Å². The smallest absolute Gasteiger partial charge is 0.314 e. The Morgan fingerprint density at radius 2 is 2.00 bits per heavy atom. The van der Waals surface area contributed by atoms with Crippen LogP contribution >= 0.6 is 23.4 Å². The second kappa shape index (κ2) is 6.62. The van der Waals surface area contributed by atoms with E-state index in [1.54, 1.807) is 11.8 Å². The van der Waals surface area contributed by atoms with Gasteiger partial charge in [-0.2, -0.15) is 11.8 Å². The average molecular weight is 335 g/mol. The lowest BCUT2D eigenvalue weighted by molar-refractivity contribution is -0.143. The van der Waals surface area contributed by atoms with E-state index in [1.807, 2.05) is 5.32 Å². The van der Waals surface area contributed by atoms with Gasteiger partial charge in [0.1, 0.15) is 5.69 Å². The summed E-state index contributed by atoms with van der Waals surface area (Å²) in [6.07, 6.45) is 0.795. The van der Waals surface area contributed by atoms with E-state index < -0.39 is 29.1 Å². The Morgan fingerprint density at radius 1 is 1.38 bits per heavy atom. The van der Waals surface area contributed by atoms with Crippen molar-refractivity contribution >= 4 is 40.9 Å². The fourth-order valence-electron chi connectivity index (χ4n) is 1.98. The fraction of sp³-hybridized carbons (Fsp3) is 0.385. The first-order valence-corrected chi connectivity index (χ1v) is 7.74. The molecule has 1 aliphatic rings. The topological polar surface area (TPSA) is 49.4 Å². The van der Waals surface area contributed by atoms with Gasteiger partial charge in [-0.15, -0.1) is 0 Å². The van der Waals surface area contributed by atoms with Crippen molar-refractivity contribution in [3.63, 3.8) is 0 Å². The number of anilines is 1. The van der Waals surface area contributed by atoms with Crippen LogP contribution < -0.4 is 5.32 Å². The van der Waals surface area contributed by atoms with Crippen LogP contribution in [0.5, 0.6) is 0 Å². The zero-order valence-corrected chi connectivity index (χ0v) is 12.7. The molecule has 0 bridgehead atoms. The van der Waals surface area contributed by atoms with Crippen LogP contribution in [0.25, 0.3) is 0 Å². The van der Waals surface area contributed by atoms with Crippen molar-refractivity contribution in [2.75, 3.05) is 23.9 Å². The summed E-state index contributed by atoms with van der Waals surface area (Å²) in [7, 11) is 1.51. The van der Waals surface area contributed by atoms with Gasteiger partial charge in [0.15, 0.2) is 11.6 Å². The van der Waals surface area contributed by atoms with Crippen LogP contribution in [0.4, 0.5) is 14.5 Å². The van der Waals surface area contributed by atoms with E-state index in [-0.39, 0.29) is 11.1 Å². The normalized spacial score (nSPS) is 17.6. The Balaban J connectivity index is 2.09. The zero-order valence-electron chi connectivity index (χ0n) is 11.2. The van der Waals surface area contributed by atoms with Crippen molar-refractivity contribution in [1.29, 1.82) is 0 Å². The molecule has 2 rings (SSSR count). The van der Waals surface area contributed by atoms with E-state index in [4.69, 9.17) is 11.6 Å². The fourth-order valence-corrected chi connectivity index (χ4v) is 3.44. The third-order valence-electron chi connectivity index (χ3n) is 3.21. The Morgan fingerprint density at radius 3 is 2.52 bits per heavy atom. The molecule has 1 heterocycles. The van der Waals surface area contributed by atoms with Gasteiger partial charge in [0.25, 0.3) is 0 Å². The SMILES string of the molecule is CN(C(=O)C(=O)Nc1c(F)cc(Cl)cc1F)[C@H]1CCSC1. The Labute approximate surface area is 129 Å². The number of halogens is 3. The predicted molar refractivity (Wildman–Crippen MR) is 78.5 cm³/mol. The first-order chi connectivity index (χ1) is 9.90. The predicted octanol–water partition coefficient (Wildman–Crippen LogP) is 2.52. The molecule has 0 unspecified atom stereocenters. The van der Waals surface area contributed by atoms with Gasteiger partial charge >= 0.3 is 11.8 Å². The van der Waals surface area contributed by atoms with Crippen LogP contribution in [0.2, 0.25) is 5.02 Å². The highest BCUT2D eigenvalue weighted by molar-refractivity contribution is 7.99. The van der Waals surface area contributed by atoms with Gasteiger partial charge in [-0.25, -0.2) is 8.78 Å². The van der Waals surface area contributed by atoms with Crippen molar-refractivity contribution in [2.24, 2.45) is 0 Å². The monoisotopic (exact) mass is 334 g/mol. The highest BCUT2D eigenvalue weighted by Gasteiger charge is 2.29. The molecule has 1 fully saturated rings. The summed E-state index contributed by atoms with van der Waals surface area (Å²) in [6.45, 7) is 0. The number of nitrogens with zero attached hydrogens (tertiary/aromatic N) is 1. The largest absolute Gasteiger partial charge is 0.334 e. The van der Waals surface area contributed by atoms with Gasteiger partial charge < -0.3 is 10.2 Å². The summed E-state index contributed by atoms with van der Waals surface area (Å²) in [5, 5.41) is 1.83. The quantitative estimate of drug-likeness (QED) is 0.846. The van der Waals surface area contributed by atoms with Crippen LogP contribution in [0.1, 0.15) is 6.42 Å².